The van der Waals surface area contributed by atoms with Crippen molar-refractivity contribution in [2.75, 3.05) is 12.3 Å². The van der Waals surface area contributed by atoms with E-state index in [9.17, 15) is 4.79 Å². The summed E-state index contributed by atoms with van der Waals surface area (Å²) in [6.45, 7) is 0.780. The van der Waals surface area contributed by atoms with Crippen LogP contribution >= 0.6 is 23.4 Å². The number of benzene rings is 1. The minimum Gasteiger partial charge on any atom is -0.352 e. The molecular formula is C15H15ClN2OS. The summed E-state index contributed by atoms with van der Waals surface area (Å²) in [4.78, 5) is 14.6. The number of carbonyl (C=O) groups excluding carboxylic acids is 1. The number of aryl methyl sites for hydroxylation is 1. The number of hydrogen-bond donors (Lipinski definition) is 0. The standard InChI is InChI=1S/C15H15ClN2OS/c1-17-8-2-3-13(17)15-18(9-10-20-15)14(19)11-4-6-12(16)7-5-11/h2-8,15H,9-10H2,1H3/t15-/m0/s1. The molecule has 104 valence electrons. The number of thioether (sulfide) groups is 1. The minimum atomic E-state index is 0.0675. The predicted molar refractivity (Wildman–Crippen MR) is 83.1 cm³/mol. The van der Waals surface area contributed by atoms with Gasteiger partial charge in [-0.2, -0.15) is 0 Å². The molecule has 1 saturated heterocycles. The molecule has 0 radical (unpaired) electrons. The zero-order valence-corrected chi connectivity index (χ0v) is 12.7. The summed E-state index contributed by atoms with van der Waals surface area (Å²) in [6.07, 6.45) is 2.01. The van der Waals surface area contributed by atoms with Gasteiger partial charge in [0, 0.05) is 36.1 Å². The summed E-state index contributed by atoms with van der Waals surface area (Å²) in [5, 5.41) is 0.745. The van der Waals surface area contributed by atoms with Crippen molar-refractivity contribution in [3.63, 3.8) is 0 Å². The van der Waals surface area contributed by atoms with Crippen LogP contribution in [0.15, 0.2) is 42.6 Å². The second kappa shape index (κ2) is 5.54. The Morgan fingerprint density at radius 2 is 2.05 bits per heavy atom. The number of hydrogen-bond acceptors (Lipinski definition) is 2. The minimum absolute atomic E-state index is 0.0675. The fourth-order valence-electron chi connectivity index (χ4n) is 2.41. The average molecular weight is 307 g/mol. The number of nitrogens with zero attached hydrogens (tertiary/aromatic N) is 2. The maximum absolute atomic E-state index is 12.6. The molecule has 1 aliphatic rings. The van der Waals surface area contributed by atoms with E-state index < -0.39 is 0 Å². The van der Waals surface area contributed by atoms with E-state index >= 15 is 0 Å². The van der Waals surface area contributed by atoms with Crippen LogP contribution in [0, 0.1) is 0 Å². The molecule has 1 aromatic carbocycles. The van der Waals surface area contributed by atoms with E-state index in [1.165, 1.54) is 0 Å². The molecule has 0 saturated carbocycles. The predicted octanol–water partition coefficient (Wildman–Crippen LogP) is 3.57. The summed E-state index contributed by atoms with van der Waals surface area (Å²) >= 11 is 7.68. The van der Waals surface area contributed by atoms with Crippen LogP contribution in [0.1, 0.15) is 21.4 Å². The van der Waals surface area contributed by atoms with E-state index in [1.54, 1.807) is 36.0 Å². The molecule has 1 atom stereocenters. The van der Waals surface area contributed by atoms with Crippen LogP contribution in [-0.2, 0) is 7.05 Å². The highest BCUT2D eigenvalue weighted by Gasteiger charge is 2.32. The van der Waals surface area contributed by atoms with E-state index in [0.717, 1.165) is 18.0 Å². The molecule has 1 fully saturated rings. The van der Waals surface area contributed by atoms with Crippen LogP contribution in [0.4, 0.5) is 0 Å². The molecule has 0 bridgehead atoms. The highest BCUT2D eigenvalue weighted by atomic mass is 35.5. The van der Waals surface area contributed by atoms with Gasteiger partial charge >= 0.3 is 0 Å². The van der Waals surface area contributed by atoms with Crippen LogP contribution in [0.25, 0.3) is 0 Å². The van der Waals surface area contributed by atoms with Gasteiger partial charge in [0.1, 0.15) is 5.37 Å². The molecule has 1 aliphatic heterocycles. The monoisotopic (exact) mass is 306 g/mol. The smallest absolute Gasteiger partial charge is 0.255 e. The SMILES string of the molecule is Cn1cccc1[C@@H]1SCCN1C(=O)c1ccc(Cl)cc1. The van der Waals surface area contributed by atoms with Crippen molar-refractivity contribution in [2.45, 2.75) is 5.37 Å². The number of amides is 1. The Kier molecular flexibility index (Phi) is 3.76. The van der Waals surface area contributed by atoms with Crippen molar-refractivity contribution in [2.24, 2.45) is 7.05 Å². The molecule has 5 heteroatoms. The molecule has 3 nitrogen and oxygen atoms in total. The Hall–Kier alpha value is -1.39. The Morgan fingerprint density at radius 3 is 2.70 bits per heavy atom. The maximum atomic E-state index is 12.6. The first-order valence-corrected chi connectivity index (χ1v) is 7.89. The highest BCUT2D eigenvalue weighted by molar-refractivity contribution is 7.99. The van der Waals surface area contributed by atoms with Crippen molar-refractivity contribution in [1.82, 2.24) is 9.47 Å². The maximum Gasteiger partial charge on any atom is 0.255 e. The lowest BCUT2D eigenvalue weighted by Crippen LogP contribution is -2.31. The van der Waals surface area contributed by atoms with E-state index in [0.29, 0.717) is 10.6 Å². The van der Waals surface area contributed by atoms with Gasteiger partial charge in [-0.05, 0) is 36.4 Å². The lowest BCUT2D eigenvalue weighted by atomic mass is 10.2. The van der Waals surface area contributed by atoms with Gasteiger partial charge in [0.05, 0.1) is 5.69 Å². The van der Waals surface area contributed by atoms with Crippen molar-refractivity contribution in [3.8, 4) is 0 Å². The van der Waals surface area contributed by atoms with Crippen molar-refractivity contribution >= 4 is 29.3 Å². The second-order valence-electron chi connectivity index (χ2n) is 4.77. The molecule has 0 aliphatic carbocycles. The van der Waals surface area contributed by atoms with Gasteiger partial charge < -0.3 is 9.47 Å². The van der Waals surface area contributed by atoms with E-state index in [1.807, 2.05) is 24.2 Å². The second-order valence-corrected chi connectivity index (χ2v) is 6.40. The van der Waals surface area contributed by atoms with Gasteiger partial charge in [0.2, 0.25) is 0 Å². The third-order valence-electron chi connectivity index (χ3n) is 3.48. The summed E-state index contributed by atoms with van der Waals surface area (Å²) < 4.78 is 2.07. The fourth-order valence-corrected chi connectivity index (χ4v) is 3.86. The van der Waals surface area contributed by atoms with Crippen molar-refractivity contribution in [3.05, 3.63) is 58.9 Å². The lowest BCUT2D eigenvalue weighted by molar-refractivity contribution is 0.0757. The van der Waals surface area contributed by atoms with Crippen molar-refractivity contribution in [1.29, 1.82) is 0 Å². The first-order chi connectivity index (χ1) is 9.66. The van der Waals surface area contributed by atoms with Gasteiger partial charge in [0.25, 0.3) is 5.91 Å². The van der Waals surface area contributed by atoms with Gasteiger partial charge in [-0.25, -0.2) is 0 Å². The Labute approximate surface area is 127 Å². The number of carbonyl (C=O) groups is 1. The van der Waals surface area contributed by atoms with Crippen LogP contribution in [0.3, 0.4) is 0 Å². The Morgan fingerprint density at radius 1 is 1.30 bits per heavy atom. The van der Waals surface area contributed by atoms with Gasteiger partial charge in [-0.1, -0.05) is 11.6 Å². The zero-order chi connectivity index (χ0) is 14.1. The van der Waals surface area contributed by atoms with E-state index in [4.69, 9.17) is 11.6 Å². The van der Waals surface area contributed by atoms with Gasteiger partial charge in [-0.3, -0.25) is 4.79 Å². The number of rotatable bonds is 2. The fraction of sp³-hybridized carbons (Fsp3) is 0.267. The number of halogens is 1. The van der Waals surface area contributed by atoms with Crippen LogP contribution in [-0.4, -0.2) is 27.7 Å². The molecule has 0 unspecified atom stereocenters. The third-order valence-corrected chi connectivity index (χ3v) is 4.96. The highest BCUT2D eigenvalue weighted by Crippen LogP contribution is 2.38. The first-order valence-electron chi connectivity index (χ1n) is 6.46. The average Bonchev–Trinajstić information content (AvgIpc) is 3.07. The quantitative estimate of drug-likeness (QED) is 0.847. The Bertz CT molecular complexity index is 623. The first kappa shape index (κ1) is 13.6. The molecule has 1 amide bonds. The van der Waals surface area contributed by atoms with Crippen LogP contribution in [0.5, 0.6) is 0 Å². The van der Waals surface area contributed by atoms with Gasteiger partial charge in [-0.15, -0.1) is 11.8 Å². The molecule has 0 N–H and O–H groups in total. The summed E-state index contributed by atoms with van der Waals surface area (Å²) in [7, 11) is 2.01. The van der Waals surface area contributed by atoms with Gasteiger partial charge in [0.15, 0.2) is 0 Å². The zero-order valence-electron chi connectivity index (χ0n) is 11.1. The topological polar surface area (TPSA) is 25.2 Å². The van der Waals surface area contributed by atoms with E-state index in [2.05, 4.69) is 10.6 Å². The largest absolute Gasteiger partial charge is 0.352 e. The molecule has 0 spiro atoms. The molecular weight excluding hydrogens is 292 g/mol. The summed E-state index contributed by atoms with van der Waals surface area (Å²) in [6, 6.07) is 11.2. The molecule has 1 aromatic heterocycles. The number of aromatic nitrogens is 1. The molecule has 20 heavy (non-hydrogen) atoms. The molecule has 2 heterocycles. The summed E-state index contributed by atoms with van der Waals surface area (Å²) in [5.41, 5.74) is 1.85. The lowest BCUT2D eigenvalue weighted by Gasteiger charge is -2.24. The van der Waals surface area contributed by atoms with Crippen LogP contribution < -0.4 is 0 Å². The summed E-state index contributed by atoms with van der Waals surface area (Å²) in [5.74, 6) is 1.03. The van der Waals surface area contributed by atoms with Crippen molar-refractivity contribution < 1.29 is 4.79 Å². The molecule has 2 aromatic rings. The Balaban J connectivity index is 1.87. The van der Waals surface area contributed by atoms with E-state index in [-0.39, 0.29) is 11.3 Å². The normalized spacial score (nSPS) is 18.5. The molecule has 3 rings (SSSR count). The van der Waals surface area contributed by atoms with Crippen LogP contribution in [0.2, 0.25) is 5.02 Å². The third kappa shape index (κ3) is 2.45.